The second-order valence-corrected chi connectivity index (χ2v) is 14.6. The van der Waals surface area contributed by atoms with Crippen molar-refractivity contribution in [3.8, 4) is 0 Å². The minimum Gasteiger partial charge on any atom is -0.379 e. The first-order chi connectivity index (χ1) is 21.1. The highest BCUT2D eigenvalue weighted by Crippen LogP contribution is 2.21. The molecule has 0 amide bonds. The molecule has 0 fully saturated rings. The van der Waals surface area contributed by atoms with Gasteiger partial charge in [-0.2, -0.15) is 0 Å². The normalized spacial score (nSPS) is 12.6. The van der Waals surface area contributed by atoms with Gasteiger partial charge in [-0.3, -0.25) is 4.90 Å². The largest absolute Gasteiger partial charge is 0.379 e. The lowest BCUT2D eigenvalue weighted by Crippen LogP contribution is -2.33. The lowest BCUT2D eigenvalue weighted by Gasteiger charge is -2.26. The number of rotatable bonds is 37. The first-order valence-corrected chi connectivity index (χ1v) is 20.5. The molecule has 0 radical (unpaired) electrons. The molecule has 0 bridgehead atoms. The fourth-order valence-electron chi connectivity index (χ4n) is 6.85. The SMILES string of the molecule is CCCCCCCCCCCCCCCCCCC(CCCCCCCCCCCCCCCCCC)CN(C)C(C)O. The second kappa shape index (κ2) is 36.4. The van der Waals surface area contributed by atoms with Crippen LogP contribution in [0.25, 0.3) is 0 Å². The average molecular weight is 608 g/mol. The van der Waals surface area contributed by atoms with Gasteiger partial charge in [0.25, 0.3) is 0 Å². The lowest BCUT2D eigenvalue weighted by molar-refractivity contribution is 0.0255. The molecule has 0 rings (SSSR count). The number of hydrogen-bond donors (Lipinski definition) is 1. The van der Waals surface area contributed by atoms with Gasteiger partial charge in [0.15, 0.2) is 0 Å². The van der Waals surface area contributed by atoms with Gasteiger partial charge in [-0.05, 0) is 32.7 Å². The van der Waals surface area contributed by atoms with Crippen LogP contribution in [0.15, 0.2) is 0 Å². The van der Waals surface area contributed by atoms with Gasteiger partial charge in [0.1, 0.15) is 6.23 Å². The van der Waals surface area contributed by atoms with Crippen molar-refractivity contribution in [2.75, 3.05) is 13.6 Å². The Morgan fingerprint density at radius 3 is 0.791 bits per heavy atom. The monoisotopic (exact) mass is 608 g/mol. The van der Waals surface area contributed by atoms with E-state index in [1.807, 2.05) is 6.92 Å². The topological polar surface area (TPSA) is 23.5 Å². The Labute approximate surface area is 274 Å². The van der Waals surface area contributed by atoms with Gasteiger partial charge in [0.05, 0.1) is 0 Å². The summed E-state index contributed by atoms with van der Waals surface area (Å²) in [5.74, 6) is 0.762. The molecule has 1 atom stereocenters. The van der Waals surface area contributed by atoms with Crippen LogP contribution < -0.4 is 0 Å². The van der Waals surface area contributed by atoms with E-state index in [2.05, 4.69) is 25.8 Å². The molecule has 0 aliphatic heterocycles. The molecule has 0 aromatic heterocycles. The van der Waals surface area contributed by atoms with E-state index in [9.17, 15) is 5.11 Å². The third-order valence-corrected chi connectivity index (χ3v) is 10.1. The maximum Gasteiger partial charge on any atom is 0.104 e. The fourth-order valence-corrected chi connectivity index (χ4v) is 6.85. The highest BCUT2D eigenvalue weighted by atomic mass is 16.3. The molecule has 0 saturated carbocycles. The van der Waals surface area contributed by atoms with Crippen LogP contribution in [0.3, 0.4) is 0 Å². The molecule has 1 unspecified atom stereocenters. The highest BCUT2D eigenvalue weighted by Gasteiger charge is 2.14. The number of aliphatic hydroxyl groups is 1. The first-order valence-electron chi connectivity index (χ1n) is 20.5. The Kier molecular flexibility index (Phi) is 36.3. The van der Waals surface area contributed by atoms with Crippen LogP contribution in [0.5, 0.6) is 0 Å². The molecule has 2 heteroatoms. The second-order valence-electron chi connectivity index (χ2n) is 14.6. The third-order valence-electron chi connectivity index (χ3n) is 10.1. The summed E-state index contributed by atoms with van der Waals surface area (Å²) in [6.07, 6.45) is 48.5. The molecule has 43 heavy (non-hydrogen) atoms. The van der Waals surface area contributed by atoms with Crippen molar-refractivity contribution < 1.29 is 5.11 Å². The van der Waals surface area contributed by atoms with Gasteiger partial charge in [-0.15, -0.1) is 0 Å². The van der Waals surface area contributed by atoms with Gasteiger partial charge in [0, 0.05) is 6.54 Å². The van der Waals surface area contributed by atoms with E-state index in [0.29, 0.717) is 0 Å². The first kappa shape index (κ1) is 42.9. The van der Waals surface area contributed by atoms with Crippen molar-refractivity contribution in [3.63, 3.8) is 0 Å². The Balaban J connectivity index is 3.65. The Hall–Kier alpha value is -0.0800. The quantitative estimate of drug-likeness (QED) is 0.0561. The smallest absolute Gasteiger partial charge is 0.104 e. The summed E-state index contributed by atoms with van der Waals surface area (Å²) in [5, 5.41) is 10.0. The molecule has 0 aliphatic carbocycles. The zero-order valence-electron chi connectivity index (χ0n) is 30.8. The lowest BCUT2D eigenvalue weighted by atomic mass is 9.93. The maximum absolute atomic E-state index is 10.0. The van der Waals surface area contributed by atoms with E-state index < -0.39 is 0 Å². The summed E-state index contributed by atoms with van der Waals surface area (Å²) in [7, 11) is 2.10. The summed E-state index contributed by atoms with van der Waals surface area (Å²) in [6.45, 7) is 7.59. The highest BCUT2D eigenvalue weighted by molar-refractivity contribution is 4.66. The Morgan fingerprint density at radius 1 is 0.372 bits per heavy atom. The summed E-state index contributed by atoms with van der Waals surface area (Å²) in [6, 6.07) is 0. The standard InChI is InChI=1S/C41H85NO/c1-5-7-9-11-13-15-17-19-21-23-25-27-29-31-33-35-37-41(39-42(4)40(3)43)38-36-34-32-30-28-26-24-22-20-18-16-14-12-10-8-6-2/h40-41,43H,5-39H2,1-4H3. The van der Waals surface area contributed by atoms with Crippen molar-refractivity contribution in [1.82, 2.24) is 4.90 Å². The minimum atomic E-state index is -0.320. The summed E-state index contributed by atoms with van der Waals surface area (Å²) >= 11 is 0. The molecule has 2 nitrogen and oxygen atoms in total. The molecule has 0 aromatic carbocycles. The number of nitrogens with zero attached hydrogens (tertiary/aromatic N) is 1. The van der Waals surface area contributed by atoms with Gasteiger partial charge >= 0.3 is 0 Å². The van der Waals surface area contributed by atoms with Crippen molar-refractivity contribution in [2.45, 2.75) is 245 Å². The zero-order chi connectivity index (χ0) is 31.5. The van der Waals surface area contributed by atoms with Crippen LogP contribution >= 0.6 is 0 Å². The van der Waals surface area contributed by atoms with Crippen LogP contribution in [0, 0.1) is 5.92 Å². The maximum atomic E-state index is 10.0. The van der Waals surface area contributed by atoms with Gasteiger partial charge in [-0.25, -0.2) is 0 Å². The van der Waals surface area contributed by atoms with E-state index in [0.717, 1.165) is 12.5 Å². The van der Waals surface area contributed by atoms with E-state index in [4.69, 9.17) is 0 Å². The molecule has 0 spiro atoms. The summed E-state index contributed by atoms with van der Waals surface area (Å²) in [4.78, 5) is 2.16. The van der Waals surface area contributed by atoms with Gasteiger partial charge in [0.2, 0.25) is 0 Å². The Morgan fingerprint density at radius 2 is 0.581 bits per heavy atom. The van der Waals surface area contributed by atoms with Crippen LogP contribution in [0.1, 0.15) is 239 Å². The van der Waals surface area contributed by atoms with E-state index >= 15 is 0 Å². The Bertz CT molecular complexity index is 456. The molecule has 260 valence electrons. The fraction of sp³-hybridized carbons (Fsp3) is 1.00. The van der Waals surface area contributed by atoms with Crippen molar-refractivity contribution >= 4 is 0 Å². The average Bonchev–Trinajstić information content (AvgIpc) is 3.00. The number of unbranched alkanes of at least 4 members (excludes halogenated alkanes) is 30. The third kappa shape index (κ3) is 34.6. The summed E-state index contributed by atoms with van der Waals surface area (Å²) < 4.78 is 0. The van der Waals surface area contributed by atoms with Crippen molar-refractivity contribution in [2.24, 2.45) is 5.92 Å². The van der Waals surface area contributed by atoms with E-state index in [-0.39, 0.29) is 6.23 Å². The van der Waals surface area contributed by atoms with Crippen LogP contribution in [0.2, 0.25) is 0 Å². The number of aliphatic hydroxyl groups excluding tert-OH is 1. The van der Waals surface area contributed by atoms with Crippen molar-refractivity contribution in [3.05, 3.63) is 0 Å². The predicted molar refractivity (Wildman–Crippen MR) is 196 cm³/mol. The zero-order valence-corrected chi connectivity index (χ0v) is 30.8. The predicted octanol–water partition coefficient (Wildman–Crippen LogP) is 14.2. The van der Waals surface area contributed by atoms with E-state index in [1.54, 1.807) is 0 Å². The molecule has 0 heterocycles. The van der Waals surface area contributed by atoms with Gasteiger partial charge < -0.3 is 5.11 Å². The van der Waals surface area contributed by atoms with E-state index in [1.165, 1.54) is 218 Å². The molecule has 0 aliphatic rings. The molecule has 1 N–H and O–H groups in total. The molecular formula is C41H85NO. The van der Waals surface area contributed by atoms with Crippen LogP contribution in [-0.4, -0.2) is 29.8 Å². The molecule has 0 saturated heterocycles. The van der Waals surface area contributed by atoms with Crippen LogP contribution in [0.4, 0.5) is 0 Å². The van der Waals surface area contributed by atoms with Gasteiger partial charge in [-0.1, -0.05) is 219 Å². The number of hydrogen-bond acceptors (Lipinski definition) is 2. The minimum absolute atomic E-state index is 0.320. The molecular weight excluding hydrogens is 522 g/mol. The van der Waals surface area contributed by atoms with Crippen molar-refractivity contribution in [1.29, 1.82) is 0 Å². The summed E-state index contributed by atoms with van der Waals surface area (Å²) in [5.41, 5.74) is 0. The molecule has 0 aromatic rings. The van der Waals surface area contributed by atoms with Crippen LogP contribution in [-0.2, 0) is 0 Å².